The molecule has 0 aromatic rings. The van der Waals surface area contributed by atoms with Crippen LogP contribution < -0.4 is 0 Å². The molecule has 0 aliphatic heterocycles. The molecule has 1 atom stereocenters. The van der Waals surface area contributed by atoms with Crippen LogP contribution >= 0.6 is 23.4 Å². The van der Waals surface area contributed by atoms with Crippen molar-refractivity contribution in [3.63, 3.8) is 0 Å². The molecule has 0 fully saturated rings. The van der Waals surface area contributed by atoms with E-state index >= 15 is 0 Å². The summed E-state index contributed by atoms with van der Waals surface area (Å²) in [5, 5.41) is 0. The minimum absolute atomic E-state index is 0.654. The second-order valence-corrected chi connectivity index (χ2v) is 4.59. The molecule has 0 rings (SSSR count). The summed E-state index contributed by atoms with van der Waals surface area (Å²) < 4.78 is 0. The summed E-state index contributed by atoms with van der Waals surface area (Å²) in [4.78, 5) is 0. The van der Waals surface area contributed by atoms with E-state index in [-0.39, 0.29) is 0 Å². The van der Waals surface area contributed by atoms with E-state index in [1.54, 1.807) is 0 Å². The Balaban J connectivity index is 3.25. The van der Waals surface area contributed by atoms with Crippen LogP contribution in [0.4, 0.5) is 0 Å². The van der Waals surface area contributed by atoms with E-state index < -0.39 is 0 Å². The Morgan fingerprint density at radius 3 is 2.83 bits per heavy atom. The molecule has 0 aromatic carbocycles. The molecule has 0 bridgehead atoms. The van der Waals surface area contributed by atoms with Gasteiger partial charge in [0.25, 0.3) is 0 Å². The van der Waals surface area contributed by atoms with Crippen molar-refractivity contribution in [3.05, 3.63) is 12.7 Å². The molecule has 12 heavy (non-hydrogen) atoms. The molecule has 0 amide bonds. The van der Waals surface area contributed by atoms with Crippen LogP contribution in [0.1, 0.15) is 26.2 Å². The lowest BCUT2D eigenvalue weighted by molar-refractivity contribution is 0.541. The van der Waals surface area contributed by atoms with Crippen LogP contribution in [-0.4, -0.2) is 17.4 Å². The van der Waals surface area contributed by atoms with Gasteiger partial charge in [0.05, 0.1) is 0 Å². The minimum Gasteiger partial charge on any atom is -0.162 e. The van der Waals surface area contributed by atoms with Gasteiger partial charge in [0.2, 0.25) is 0 Å². The van der Waals surface area contributed by atoms with Gasteiger partial charge in [-0.25, -0.2) is 0 Å². The third-order valence-corrected chi connectivity index (χ3v) is 3.25. The van der Waals surface area contributed by atoms with Gasteiger partial charge in [-0.3, -0.25) is 0 Å². The van der Waals surface area contributed by atoms with Crippen molar-refractivity contribution in [2.45, 2.75) is 26.2 Å². The largest absolute Gasteiger partial charge is 0.162 e. The molecule has 0 aromatic heterocycles. The molecule has 0 spiro atoms. The quantitative estimate of drug-likeness (QED) is 0.329. The van der Waals surface area contributed by atoms with Gasteiger partial charge in [0.15, 0.2) is 0 Å². The van der Waals surface area contributed by atoms with Gasteiger partial charge in [-0.1, -0.05) is 13.0 Å². The molecular formula is C10H19ClS. The van der Waals surface area contributed by atoms with Crippen LogP contribution in [0.25, 0.3) is 0 Å². The molecular weight excluding hydrogens is 188 g/mol. The fourth-order valence-corrected chi connectivity index (χ4v) is 2.05. The maximum atomic E-state index is 5.80. The molecule has 0 nitrogen and oxygen atoms in total. The first kappa shape index (κ1) is 12.4. The average molecular weight is 207 g/mol. The first-order valence-electron chi connectivity index (χ1n) is 4.59. The Morgan fingerprint density at radius 2 is 2.33 bits per heavy atom. The monoisotopic (exact) mass is 206 g/mol. The Labute approximate surface area is 85.8 Å². The van der Waals surface area contributed by atoms with Crippen molar-refractivity contribution in [2.75, 3.05) is 17.4 Å². The second-order valence-electron chi connectivity index (χ2n) is 2.88. The molecule has 0 aliphatic carbocycles. The molecule has 0 heterocycles. The summed E-state index contributed by atoms with van der Waals surface area (Å²) in [6.07, 6.45) is 5.59. The van der Waals surface area contributed by atoms with Crippen LogP contribution in [0.15, 0.2) is 12.7 Å². The van der Waals surface area contributed by atoms with E-state index in [4.69, 9.17) is 11.6 Å². The Bertz CT molecular complexity index is 104. The number of hydrogen-bond donors (Lipinski definition) is 0. The first-order valence-corrected chi connectivity index (χ1v) is 6.28. The topological polar surface area (TPSA) is 0 Å². The minimum atomic E-state index is 0.654. The fraction of sp³-hybridized carbons (Fsp3) is 0.800. The third-order valence-electron chi connectivity index (χ3n) is 1.82. The van der Waals surface area contributed by atoms with Gasteiger partial charge in [-0.15, -0.1) is 18.2 Å². The number of thioether (sulfide) groups is 1. The number of rotatable bonds is 8. The number of alkyl halides is 1. The Hall–Kier alpha value is 0.380. The van der Waals surface area contributed by atoms with Crippen molar-refractivity contribution < 1.29 is 0 Å². The highest BCUT2D eigenvalue weighted by molar-refractivity contribution is 7.99. The standard InChI is InChI=1S/C10H19ClS/c1-3-6-10(9-11)7-5-8-12-4-2/h3,10H,1,4-9H2,2H3. The van der Waals surface area contributed by atoms with Gasteiger partial charge in [-0.2, -0.15) is 11.8 Å². The summed E-state index contributed by atoms with van der Waals surface area (Å²) in [6.45, 7) is 5.93. The zero-order chi connectivity index (χ0) is 9.23. The van der Waals surface area contributed by atoms with E-state index in [9.17, 15) is 0 Å². The molecule has 0 radical (unpaired) electrons. The molecule has 2 heteroatoms. The Kier molecular flexibility index (Phi) is 9.77. The van der Waals surface area contributed by atoms with Crippen molar-refractivity contribution in [3.8, 4) is 0 Å². The number of hydrogen-bond acceptors (Lipinski definition) is 1. The molecule has 0 aliphatic rings. The zero-order valence-electron chi connectivity index (χ0n) is 7.89. The summed E-state index contributed by atoms with van der Waals surface area (Å²) in [5.74, 6) is 3.94. The number of halogens is 1. The van der Waals surface area contributed by atoms with Gasteiger partial charge in [-0.05, 0) is 36.7 Å². The lowest BCUT2D eigenvalue weighted by Crippen LogP contribution is -2.01. The lowest BCUT2D eigenvalue weighted by atomic mass is 10.0. The highest BCUT2D eigenvalue weighted by Crippen LogP contribution is 2.15. The number of allylic oxidation sites excluding steroid dienone is 1. The van der Waals surface area contributed by atoms with Crippen LogP contribution in [0.5, 0.6) is 0 Å². The third kappa shape index (κ3) is 7.05. The van der Waals surface area contributed by atoms with Crippen molar-refractivity contribution in [2.24, 2.45) is 5.92 Å². The van der Waals surface area contributed by atoms with E-state index in [0.29, 0.717) is 5.92 Å². The van der Waals surface area contributed by atoms with Crippen LogP contribution in [0, 0.1) is 5.92 Å². The predicted octanol–water partition coefficient (Wildman–Crippen LogP) is 3.95. The first-order chi connectivity index (χ1) is 5.85. The Morgan fingerprint density at radius 1 is 1.58 bits per heavy atom. The summed E-state index contributed by atoms with van der Waals surface area (Å²) >= 11 is 7.81. The predicted molar refractivity (Wildman–Crippen MR) is 61.3 cm³/mol. The molecule has 0 N–H and O–H groups in total. The van der Waals surface area contributed by atoms with Gasteiger partial charge in [0, 0.05) is 5.88 Å². The van der Waals surface area contributed by atoms with Crippen LogP contribution in [0.3, 0.4) is 0 Å². The lowest BCUT2D eigenvalue weighted by Gasteiger charge is -2.10. The SMILES string of the molecule is C=CCC(CCl)CCCSCC. The molecule has 72 valence electrons. The maximum Gasteiger partial charge on any atom is 0.0254 e. The molecule has 0 saturated carbocycles. The molecule has 1 unspecified atom stereocenters. The van der Waals surface area contributed by atoms with Gasteiger partial charge < -0.3 is 0 Å². The normalized spacial score (nSPS) is 12.8. The zero-order valence-corrected chi connectivity index (χ0v) is 9.46. The molecule has 0 saturated heterocycles. The van der Waals surface area contributed by atoms with Crippen molar-refractivity contribution in [1.29, 1.82) is 0 Å². The fourth-order valence-electron chi connectivity index (χ4n) is 1.11. The maximum absolute atomic E-state index is 5.80. The second kappa shape index (κ2) is 9.47. The van der Waals surface area contributed by atoms with Crippen molar-refractivity contribution in [1.82, 2.24) is 0 Å². The van der Waals surface area contributed by atoms with Gasteiger partial charge in [0.1, 0.15) is 0 Å². The van der Waals surface area contributed by atoms with Gasteiger partial charge >= 0.3 is 0 Å². The summed E-state index contributed by atoms with van der Waals surface area (Å²) in [6, 6.07) is 0. The summed E-state index contributed by atoms with van der Waals surface area (Å²) in [5.41, 5.74) is 0. The smallest absolute Gasteiger partial charge is 0.0254 e. The van der Waals surface area contributed by atoms with E-state index in [0.717, 1.165) is 12.3 Å². The highest BCUT2D eigenvalue weighted by Gasteiger charge is 2.03. The van der Waals surface area contributed by atoms with Crippen LogP contribution in [0.2, 0.25) is 0 Å². The van der Waals surface area contributed by atoms with Crippen LogP contribution in [-0.2, 0) is 0 Å². The average Bonchev–Trinajstić information content (AvgIpc) is 2.10. The van der Waals surface area contributed by atoms with E-state index in [2.05, 4.69) is 13.5 Å². The van der Waals surface area contributed by atoms with E-state index in [1.165, 1.54) is 24.3 Å². The van der Waals surface area contributed by atoms with Crippen molar-refractivity contribution >= 4 is 23.4 Å². The highest BCUT2D eigenvalue weighted by atomic mass is 35.5. The van der Waals surface area contributed by atoms with E-state index in [1.807, 2.05) is 17.8 Å². The summed E-state index contributed by atoms with van der Waals surface area (Å²) in [7, 11) is 0.